The molecule has 1 fully saturated rings. The summed E-state index contributed by atoms with van der Waals surface area (Å²) in [7, 11) is 1.94. The Morgan fingerprint density at radius 1 is 1.46 bits per heavy atom. The van der Waals surface area contributed by atoms with Crippen molar-refractivity contribution in [2.75, 3.05) is 26.7 Å². The van der Waals surface area contributed by atoms with Crippen LogP contribution in [-0.4, -0.2) is 57.7 Å². The Balaban J connectivity index is 0.00000208. The summed E-state index contributed by atoms with van der Waals surface area (Å²) in [6.07, 6.45) is 3.62. The standard InChI is InChI=1S/C15H19ClN6O.ClH/c1-17-8-11-3-2-6-21(9-11)15(23)13-7-12(16)4-5-14(13)22-10-18-19-20-22;/h4-5,7,10-11,17H,2-3,6,8-9H2,1H3;1H. The number of benzene rings is 1. The van der Waals surface area contributed by atoms with Crippen LogP contribution in [-0.2, 0) is 0 Å². The van der Waals surface area contributed by atoms with E-state index in [0.29, 0.717) is 22.2 Å². The van der Waals surface area contributed by atoms with E-state index in [4.69, 9.17) is 11.6 Å². The van der Waals surface area contributed by atoms with Crippen molar-refractivity contribution < 1.29 is 4.79 Å². The molecule has 24 heavy (non-hydrogen) atoms. The van der Waals surface area contributed by atoms with Gasteiger partial charge in [-0.3, -0.25) is 4.79 Å². The van der Waals surface area contributed by atoms with Crippen LogP contribution in [0.25, 0.3) is 5.69 Å². The monoisotopic (exact) mass is 370 g/mol. The lowest BCUT2D eigenvalue weighted by Gasteiger charge is -2.33. The predicted octanol–water partition coefficient (Wildman–Crippen LogP) is 1.81. The van der Waals surface area contributed by atoms with Crippen molar-refractivity contribution >= 4 is 29.9 Å². The molecule has 0 radical (unpaired) electrons. The van der Waals surface area contributed by atoms with Gasteiger partial charge < -0.3 is 10.2 Å². The van der Waals surface area contributed by atoms with Crippen molar-refractivity contribution in [2.24, 2.45) is 5.92 Å². The SMILES string of the molecule is CNCC1CCCN(C(=O)c2cc(Cl)ccc2-n2cnnn2)C1.Cl. The van der Waals surface area contributed by atoms with Crippen LogP contribution in [0, 0.1) is 5.92 Å². The van der Waals surface area contributed by atoms with Crippen LogP contribution < -0.4 is 5.32 Å². The highest BCUT2D eigenvalue weighted by Crippen LogP contribution is 2.23. The van der Waals surface area contributed by atoms with E-state index in [2.05, 4.69) is 20.8 Å². The lowest BCUT2D eigenvalue weighted by atomic mass is 9.97. The summed E-state index contributed by atoms with van der Waals surface area (Å²) in [5.74, 6) is 0.451. The number of piperidine rings is 1. The van der Waals surface area contributed by atoms with E-state index in [-0.39, 0.29) is 18.3 Å². The van der Waals surface area contributed by atoms with Crippen LogP contribution in [0.15, 0.2) is 24.5 Å². The van der Waals surface area contributed by atoms with E-state index in [0.717, 1.165) is 32.5 Å². The number of halogens is 2. The summed E-state index contributed by atoms with van der Waals surface area (Å²) in [5, 5.41) is 14.9. The van der Waals surface area contributed by atoms with Gasteiger partial charge in [-0.1, -0.05) is 11.6 Å². The van der Waals surface area contributed by atoms with Crippen LogP contribution in [0.4, 0.5) is 0 Å². The van der Waals surface area contributed by atoms with E-state index in [1.165, 1.54) is 11.0 Å². The number of nitrogens with zero attached hydrogens (tertiary/aromatic N) is 5. The first-order valence-electron chi connectivity index (χ1n) is 7.66. The zero-order valence-corrected chi connectivity index (χ0v) is 14.9. The molecule has 3 rings (SSSR count). The second-order valence-electron chi connectivity index (χ2n) is 5.73. The minimum atomic E-state index is -0.0289. The Labute approximate surface area is 151 Å². The second kappa shape index (κ2) is 8.41. The third-order valence-electron chi connectivity index (χ3n) is 4.08. The van der Waals surface area contributed by atoms with E-state index >= 15 is 0 Å². The number of hydrogen-bond acceptors (Lipinski definition) is 5. The molecular formula is C15H20Cl2N6O. The summed E-state index contributed by atoms with van der Waals surface area (Å²) in [4.78, 5) is 14.9. The Morgan fingerprint density at radius 3 is 3.00 bits per heavy atom. The second-order valence-corrected chi connectivity index (χ2v) is 6.17. The van der Waals surface area contributed by atoms with Gasteiger partial charge in [0, 0.05) is 18.1 Å². The topological polar surface area (TPSA) is 75.9 Å². The summed E-state index contributed by atoms with van der Waals surface area (Å²) >= 11 is 6.10. The van der Waals surface area contributed by atoms with Crippen LogP contribution in [0.1, 0.15) is 23.2 Å². The fourth-order valence-electron chi connectivity index (χ4n) is 3.03. The molecule has 1 aromatic carbocycles. The molecule has 0 bridgehead atoms. The molecule has 1 atom stereocenters. The minimum absolute atomic E-state index is 0. The minimum Gasteiger partial charge on any atom is -0.338 e. The lowest BCUT2D eigenvalue weighted by molar-refractivity contribution is 0.0674. The van der Waals surface area contributed by atoms with Gasteiger partial charge in [0.25, 0.3) is 5.91 Å². The van der Waals surface area contributed by atoms with Crippen LogP contribution >= 0.6 is 24.0 Å². The van der Waals surface area contributed by atoms with E-state index in [1.807, 2.05) is 11.9 Å². The molecule has 0 aliphatic carbocycles. The number of hydrogen-bond donors (Lipinski definition) is 1. The number of tetrazole rings is 1. The summed E-state index contributed by atoms with van der Waals surface area (Å²) < 4.78 is 1.48. The zero-order valence-electron chi connectivity index (χ0n) is 13.4. The smallest absolute Gasteiger partial charge is 0.256 e. The van der Waals surface area contributed by atoms with Gasteiger partial charge in [0.1, 0.15) is 6.33 Å². The van der Waals surface area contributed by atoms with Gasteiger partial charge in [-0.2, -0.15) is 4.68 Å². The maximum atomic E-state index is 13.0. The number of carbonyl (C=O) groups is 1. The molecule has 1 saturated heterocycles. The molecular weight excluding hydrogens is 351 g/mol. The number of amides is 1. The molecule has 1 aliphatic rings. The Morgan fingerprint density at radius 2 is 2.29 bits per heavy atom. The van der Waals surface area contributed by atoms with Crippen molar-refractivity contribution in [3.63, 3.8) is 0 Å². The fourth-order valence-corrected chi connectivity index (χ4v) is 3.20. The van der Waals surface area contributed by atoms with Crippen molar-refractivity contribution in [3.8, 4) is 5.69 Å². The molecule has 2 heterocycles. The highest BCUT2D eigenvalue weighted by Gasteiger charge is 2.26. The highest BCUT2D eigenvalue weighted by atomic mass is 35.5. The van der Waals surface area contributed by atoms with Crippen molar-refractivity contribution in [2.45, 2.75) is 12.8 Å². The largest absolute Gasteiger partial charge is 0.338 e. The number of likely N-dealkylation sites (tertiary alicyclic amines) is 1. The molecule has 0 saturated carbocycles. The van der Waals surface area contributed by atoms with E-state index < -0.39 is 0 Å². The number of rotatable bonds is 4. The van der Waals surface area contributed by atoms with E-state index in [9.17, 15) is 4.79 Å². The van der Waals surface area contributed by atoms with Crippen molar-refractivity contribution in [1.29, 1.82) is 0 Å². The zero-order chi connectivity index (χ0) is 16.2. The quantitative estimate of drug-likeness (QED) is 0.887. The van der Waals surface area contributed by atoms with Gasteiger partial charge in [-0.15, -0.1) is 17.5 Å². The van der Waals surface area contributed by atoms with Crippen LogP contribution in [0.2, 0.25) is 5.02 Å². The highest BCUT2D eigenvalue weighted by molar-refractivity contribution is 6.31. The number of aromatic nitrogens is 4. The molecule has 1 N–H and O–H groups in total. The third-order valence-corrected chi connectivity index (χ3v) is 4.32. The third kappa shape index (κ3) is 4.03. The molecule has 7 nitrogen and oxygen atoms in total. The molecule has 2 aromatic rings. The molecule has 130 valence electrons. The fraction of sp³-hybridized carbons (Fsp3) is 0.467. The first-order chi connectivity index (χ1) is 11.2. The molecule has 9 heteroatoms. The van der Waals surface area contributed by atoms with Crippen LogP contribution in [0.5, 0.6) is 0 Å². The Kier molecular flexibility index (Phi) is 6.53. The Hall–Kier alpha value is -1.70. The first kappa shape index (κ1) is 18.6. The number of nitrogens with one attached hydrogen (secondary N) is 1. The Bertz CT molecular complexity index is 677. The lowest BCUT2D eigenvalue weighted by Crippen LogP contribution is -2.42. The van der Waals surface area contributed by atoms with Crippen LogP contribution in [0.3, 0.4) is 0 Å². The summed E-state index contributed by atoms with van der Waals surface area (Å²) in [6.45, 7) is 2.43. The van der Waals surface area contributed by atoms with Gasteiger partial charge in [-0.25, -0.2) is 0 Å². The van der Waals surface area contributed by atoms with Gasteiger partial charge >= 0.3 is 0 Å². The maximum absolute atomic E-state index is 13.0. The van der Waals surface area contributed by atoms with Gasteiger partial charge in [-0.05, 0) is 61.0 Å². The van der Waals surface area contributed by atoms with E-state index in [1.54, 1.807) is 18.2 Å². The summed E-state index contributed by atoms with van der Waals surface area (Å²) in [6, 6.07) is 5.18. The first-order valence-corrected chi connectivity index (χ1v) is 8.03. The molecule has 1 amide bonds. The average molecular weight is 371 g/mol. The average Bonchev–Trinajstić information content (AvgIpc) is 3.09. The summed E-state index contributed by atoms with van der Waals surface area (Å²) in [5.41, 5.74) is 1.16. The van der Waals surface area contributed by atoms with Crippen molar-refractivity contribution in [1.82, 2.24) is 30.4 Å². The van der Waals surface area contributed by atoms with Gasteiger partial charge in [0.05, 0.1) is 11.3 Å². The molecule has 1 unspecified atom stereocenters. The van der Waals surface area contributed by atoms with Gasteiger partial charge in [0.2, 0.25) is 0 Å². The molecule has 0 spiro atoms. The van der Waals surface area contributed by atoms with Crippen molar-refractivity contribution in [3.05, 3.63) is 35.1 Å². The molecule has 1 aromatic heterocycles. The maximum Gasteiger partial charge on any atom is 0.256 e. The normalized spacial score (nSPS) is 17.4. The van der Waals surface area contributed by atoms with Gasteiger partial charge in [0.15, 0.2) is 0 Å². The molecule has 1 aliphatic heterocycles. The number of carbonyl (C=O) groups excluding carboxylic acids is 1. The predicted molar refractivity (Wildman–Crippen MR) is 94.0 cm³/mol.